The van der Waals surface area contributed by atoms with Crippen LogP contribution in [0.3, 0.4) is 0 Å². The Kier molecular flexibility index (Phi) is 5.06. The lowest BCUT2D eigenvalue weighted by Crippen LogP contribution is -2.43. The average Bonchev–Trinajstić information content (AvgIpc) is 2.90. The number of hydrogen-bond donors (Lipinski definition) is 2. The van der Waals surface area contributed by atoms with Crippen LogP contribution in [0.1, 0.15) is 26.3 Å². The molecule has 1 unspecified atom stereocenters. The molecule has 0 spiro atoms. The monoisotopic (exact) mass is 351 g/mol. The number of phenols is 1. The standard InChI is InChI=1S/C16H22BrN3O/c1-16(2,3)14(10-20-8-7-18-11-20)19-9-12-5-4-6-13(17)15(12)21/h4-8,11,14,19,21H,9-10H2,1-3H3. The molecule has 5 heteroatoms. The van der Waals surface area contributed by atoms with Gasteiger partial charge in [0.2, 0.25) is 0 Å². The molecular weight excluding hydrogens is 330 g/mol. The molecule has 0 fully saturated rings. The minimum atomic E-state index is 0.103. The van der Waals surface area contributed by atoms with Gasteiger partial charge in [0.15, 0.2) is 0 Å². The van der Waals surface area contributed by atoms with E-state index < -0.39 is 0 Å². The summed E-state index contributed by atoms with van der Waals surface area (Å²) in [5.41, 5.74) is 0.996. The first kappa shape index (κ1) is 16.0. The fraction of sp³-hybridized carbons (Fsp3) is 0.438. The molecule has 0 bridgehead atoms. The average molecular weight is 352 g/mol. The molecule has 0 aliphatic heterocycles. The Bertz CT molecular complexity index is 576. The third kappa shape index (κ3) is 4.32. The van der Waals surface area contributed by atoms with Gasteiger partial charge in [-0.05, 0) is 27.4 Å². The number of nitrogens with one attached hydrogen (secondary N) is 1. The molecule has 0 aliphatic rings. The second-order valence-electron chi connectivity index (χ2n) is 6.31. The topological polar surface area (TPSA) is 50.1 Å². The van der Waals surface area contributed by atoms with Crippen molar-refractivity contribution in [3.63, 3.8) is 0 Å². The van der Waals surface area contributed by atoms with E-state index in [0.717, 1.165) is 16.6 Å². The van der Waals surface area contributed by atoms with Crippen molar-refractivity contribution in [3.05, 3.63) is 47.0 Å². The van der Waals surface area contributed by atoms with Crippen molar-refractivity contribution in [1.82, 2.24) is 14.9 Å². The summed E-state index contributed by atoms with van der Waals surface area (Å²) in [4.78, 5) is 4.09. The van der Waals surface area contributed by atoms with Gasteiger partial charge in [0.25, 0.3) is 0 Å². The van der Waals surface area contributed by atoms with Gasteiger partial charge in [-0.15, -0.1) is 0 Å². The van der Waals surface area contributed by atoms with Gasteiger partial charge in [-0.3, -0.25) is 0 Å². The zero-order valence-corrected chi connectivity index (χ0v) is 14.3. The fourth-order valence-corrected chi connectivity index (χ4v) is 2.59. The Morgan fingerprint density at radius 1 is 1.38 bits per heavy atom. The molecule has 114 valence electrons. The Morgan fingerprint density at radius 3 is 2.76 bits per heavy atom. The summed E-state index contributed by atoms with van der Waals surface area (Å²) in [5.74, 6) is 0.306. The Balaban J connectivity index is 2.07. The lowest BCUT2D eigenvalue weighted by Gasteiger charge is -2.32. The van der Waals surface area contributed by atoms with Crippen molar-refractivity contribution in [2.75, 3.05) is 0 Å². The zero-order chi connectivity index (χ0) is 15.5. The van der Waals surface area contributed by atoms with E-state index in [2.05, 4.69) is 51.6 Å². The molecule has 4 nitrogen and oxygen atoms in total. The molecule has 1 aromatic carbocycles. The van der Waals surface area contributed by atoms with Crippen molar-refractivity contribution in [2.45, 2.75) is 39.9 Å². The first-order valence-electron chi connectivity index (χ1n) is 7.03. The minimum absolute atomic E-state index is 0.103. The van der Waals surface area contributed by atoms with Gasteiger partial charge < -0.3 is 15.0 Å². The van der Waals surface area contributed by atoms with E-state index >= 15 is 0 Å². The normalized spacial score (nSPS) is 13.3. The van der Waals surface area contributed by atoms with Crippen LogP contribution in [-0.4, -0.2) is 20.7 Å². The molecule has 0 saturated heterocycles. The number of imidazole rings is 1. The highest BCUT2D eigenvalue weighted by atomic mass is 79.9. The molecule has 1 heterocycles. The fourth-order valence-electron chi connectivity index (χ4n) is 2.19. The van der Waals surface area contributed by atoms with E-state index in [0.29, 0.717) is 12.3 Å². The first-order valence-corrected chi connectivity index (χ1v) is 7.82. The van der Waals surface area contributed by atoms with Gasteiger partial charge in [-0.2, -0.15) is 0 Å². The molecule has 0 aliphatic carbocycles. The van der Waals surface area contributed by atoms with Crippen LogP contribution in [0.4, 0.5) is 0 Å². The number of halogens is 1. The molecule has 0 saturated carbocycles. The number of phenolic OH excluding ortho intramolecular Hbond substituents is 1. The van der Waals surface area contributed by atoms with Crippen LogP contribution in [0.5, 0.6) is 5.75 Å². The summed E-state index contributed by atoms with van der Waals surface area (Å²) >= 11 is 3.35. The number of aromatic hydroxyl groups is 1. The summed E-state index contributed by atoms with van der Waals surface area (Å²) in [6.07, 6.45) is 5.59. The highest BCUT2D eigenvalue weighted by Crippen LogP contribution is 2.28. The molecule has 2 N–H and O–H groups in total. The maximum absolute atomic E-state index is 10.1. The van der Waals surface area contributed by atoms with E-state index in [1.807, 2.05) is 30.7 Å². The zero-order valence-electron chi connectivity index (χ0n) is 12.7. The third-order valence-electron chi connectivity index (χ3n) is 3.61. The van der Waals surface area contributed by atoms with E-state index in [9.17, 15) is 5.11 Å². The largest absolute Gasteiger partial charge is 0.506 e. The van der Waals surface area contributed by atoms with Crippen molar-refractivity contribution in [1.29, 1.82) is 0 Å². The SMILES string of the molecule is CC(C)(C)C(Cn1ccnc1)NCc1cccc(Br)c1O. The summed E-state index contributed by atoms with van der Waals surface area (Å²) in [5, 5.41) is 13.6. The highest BCUT2D eigenvalue weighted by Gasteiger charge is 2.24. The molecule has 2 rings (SSSR count). The number of hydrogen-bond acceptors (Lipinski definition) is 3. The van der Waals surface area contributed by atoms with Crippen LogP contribution in [0.2, 0.25) is 0 Å². The molecule has 2 aromatic rings. The van der Waals surface area contributed by atoms with Gasteiger partial charge in [0, 0.05) is 37.1 Å². The third-order valence-corrected chi connectivity index (χ3v) is 4.25. The van der Waals surface area contributed by atoms with Crippen LogP contribution in [-0.2, 0) is 13.1 Å². The predicted molar refractivity (Wildman–Crippen MR) is 88.1 cm³/mol. The van der Waals surface area contributed by atoms with Crippen molar-refractivity contribution >= 4 is 15.9 Å². The molecular formula is C16H22BrN3O. The lowest BCUT2D eigenvalue weighted by atomic mass is 9.86. The van der Waals surface area contributed by atoms with Gasteiger partial charge in [0.05, 0.1) is 10.8 Å². The van der Waals surface area contributed by atoms with Crippen LogP contribution in [0.25, 0.3) is 0 Å². The molecule has 0 amide bonds. The Labute approximate surface area is 134 Å². The number of nitrogens with zero attached hydrogens (tertiary/aromatic N) is 2. The minimum Gasteiger partial charge on any atom is -0.506 e. The van der Waals surface area contributed by atoms with Gasteiger partial charge in [0.1, 0.15) is 5.75 Å². The lowest BCUT2D eigenvalue weighted by molar-refractivity contribution is 0.239. The predicted octanol–water partition coefficient (Wildman–Crippen LogP) is 3.56. The van der Waals surface area contributed by atoms with Crippen molar-refractivity contribution in [3.8, 4) is 5.75 Å². The van der Waals surface area contributed by atoms with E-state index in [-0.39, 0.29) is 11.5 Å². The number of aromatic nitrogens is 2. The second-order valence-corrected chi connectivity index (χ2v) is 7.16. The number of rotatable bonds is 5. The smallest absolute Gasteiger partial charge is 0.134 e. The summed E-state index contributed by atoms with van der Waals surface area (Å²) in [7, 11) is 0. The van der Waals surface area contributed by atoms with E-state index in [1.165, 1.54) is 0 Å². The van der Waals surface area contributed by atoms with Crippen LogP contribution < -0.4 is 5.32 Å². The van der Waals surface area contributed by atoms with Crippen molar-refractivity contribution < 1.29 is 5.11 Å². The number of para-hydroxylation sites is 1. The summed E-state index contributed by atoms with van der Waals surface area (Å²) in [6, 6.07) is 5.98. The van der Waals surface area contributed by atoms with Gasteiger partial charge in [-0.1, -0.05) is 32.9 Å². The van der Waals surface area contributed by atoms with Crippen LogP contribution in [0.15, 0.2) is 41.4 Å². The van der Waals surface area contributed by atoms with Gasteiger partial charge in [-0.25, -0.2) is 4.98 Å². The maximum Gasteiger partial charge on any atom is 0.134 e. The quantitative estimate of drug-likeness (QED) is 0.865. The van der Waals surface area contributed by atoms with Crippen molar-refractivity contribution in [2.24, 2.45) is 5.41 Å². The maximum atomic E-state index is 10.1. The molecule has 1 atom stereocenters. The second kappa shape index (κ2) is 6.62. The van der Waals surface area contributed by atoms with E-state index in [4.69, 9.17) is 0 Å². The van der Waals surface area contributed by atoms with Crippen LogP contribution in [0, 0.1) is 5.41 Å². The van der Waals surface area contributed by atoms with Crippen LogP contribution >= 0.6 is 15.9 Å². The highest BCUT2D eigenvalue weighted by molar-refractivity contribution is 9.10. The first-order chi connectivity index (χ1) is 9.88. The summed E-state index contributed by atoms with van der Waals surface area (Å²) < 4.78 is 2.80. The molecule has 0 radical (unpaired) electrons. The van der Waals surface area contributed by atoms with Gasteiger partial charge >= 0.3 is 0 Å². The summed E-state index contributed by atoms with van der Waals surface area (Å²) in [6.45, 7) is 8.10. The Hall–Kier alpha value is -1.33. The Morgan fingerprint density at radius 2 is 2.14 bits per heavy atom. The van der Waals surface area contributed by atoms with E-state index in [1.54, 1.807) is 6.20 Å². The number of benzene rings is 1. The molecule has 21 heavy (non-hydrogen) atoms. The molecule has 1 aromatic heterocycles.